The van der Waals surface area contributed by atoms with E-state index in [0.717, 1.165) is 28.3 Å². The van der Waals surface area contributed by atoms with E-state index in [1.54, 1.807) is 0 Å². The molecule has 0 aliphatic heterocycles. The first kappa shape index (κ1) is 35.2. The molecule has 0 spiro atoms. The summed E-state index contributed by atoms with van der Waals surface area (Å²) in [4.78, 5) is 2.36. The largest absolute Gasteiger partial charge is 0.311 e. The summed E-state index contributed by atoms with van der Waals surface area (Å²) in [6, 6.07) is 87.8. The maximum Gasteiger partial charge on any atom is 0.0541 e. The Balaban J connectivity index is 0.997. The van der Waals surface area contributed by atoms with Crippen molar-refractivity contribution in [2.45, 2.75) is 0 Å². The Hall–Kier alpha value is -7.94. The molecule has 0 saturated heterocycles. The maximum absolute atomic E-state index is 2.42. The Morgan fingerprint density at radius 3 is 1.30 bits per heavy atom. The first-order chi connectivity index (χ1) is 29.8. The molecule has 0 radical (unpaired) electrons. The van der Waals surface area contributed by atoms with Gasteiger partial charge in [0, 0.05) is 33.4 Å². The number of fused-ring (bicyclic) bond motifs is 4. The fourth-order valence-electron chi connectivity index (χ4n) is 8.99. The molecule has 1 heterocycles. The van der Waals surface area contributed by atoms with Crippen LogP contribution in [0.25, 0.3) is 82.8 Å². The van der Waals surface area contributed by atoms with Gasteiger partial charge in [-0.3, -0.25) is 0 Å². The number of rotatable bonds is 8. The molecule has 0 amide bonds. The highest BCUT2D eigenvalue weighted by Crippen LogP contribution is 2.42. The number of hydrogen-bond donors (Lipinski definition) is 0. The standard InChI is InChI=1S/C58H40N2/c1-2-15-41(16-3-1)42-29-35-46(36-30-42)59(47-37-31-44(32-38-47)50-25-14-18-43-17-4-5-19-49(43)50)48-39-33-45(34-40-48)51-20-6-7-21-52(51)53-22-8-11-26-56(53)60-57-27-12-9-23-54(57)55-24-10-13-28-58(55)60/h1-40H. The van der Waals surface area contributed by atoms with E-state index < -0.39 is 0 Å². The lowest BCUT2D eigenvalue weighted by Crippen LogP contribution is -2.09. The van der Waals surface area contributed by atoms with Gasteiger partial charge in [-0.1, -0.05) is 188 Å². The molecule has 0 aliphatic carbocycles. The molecule has 0 fully saturated rings. The van der Waals surface area contributed by atoms with Crippen LogP contribution in [0.3, 0.4) is 0 Å². The van der Waals surface area contributed by atoms with Crippen LogP contribution < -0.4 is 4.90 Å². The predicted octanol–water partition coefficient (Wildman–Crippen LogP) is 16.1. The summed E-state index contributed by atoms with van der Waals surface area (Å²) >= 11 is 0. The zero-order valence-corrected chi connectivity index (χ0v) is 33.0. The maximum atomic E-state index is 2.42. The second-order valence-corrected chi connectivity index (χ2v) is 15.3. The Labute approximate surface area is 350 Å². The number of benzene rings is 10. The first-order valence-electron chi connectivity index (χ1n) is 20.6. The van der Waals surface area contributed by atoms with E-state index >= 15 is 0 Å². The van der Waals surface area contributed by atoms with Gasteiger partial charge in [-0.15, -0.1) is 0 Å². The van der Waals surface area contributed by atoms with Crippen LogP contribution in [0.5, 0.6) is 0 Å². The van der Waals surface area contributed by atoms with Crippen molar-refractivity contribution in [1.29, 1.82) is 0 Å². The average Bonchev–Trinajstić information content (AvgIpc) is 3.67. The Morgan fingerprint density at radius 2 is 0.667 bits per heavy atom. The van der Waals surface area contributed by atoms with Crippen LogP contribution in [0, 0.1) is 0 Å². The minimum Gasteiger partial charge on any atom is -0.311 e. The third-order valence-corrected chi connectivity index (χ3v) is 11.8. The Bertz CT molecular complexity index is 3230. The van der Waals surface area contributed by atoms with Crippen molar-refractivity contribution in [3.05, 3.63) is 243 Å². The second-order valence-electron chi connectivity index (χ2n) is 15.3. The van der Waals surface area contributed by atoms with Gasteiger partial charge in [-0.2, -0.15) is 0 Å². The normalized spacial score (nSPS) is 11.3. The molecule has 0 atom stereocenters. The fourth-order valence-corrected chi connectivity index (χ4v) is 8.99. The van der Waals surface area contributed by atoms with E-state index in [9.17, 15) is 0 Å². The third-order valence-electron chi connectivity index (χ3n) is 11.8. The van der Waals surface area contributed by atoms with Gasteiger partial charge in [-0.05, 0) is 104 Å². The monoisotopic (exact) mass is 764 g/mol. The van der Waals surface area contributed by atoms with Crippen LogP contribution in [0.2, 0.25) is 0 Å². The van der Waals surface area contributed by atoms with Gasteiger partial charge in [0.2, 0.25) is 0 Å². The summed E-state index contributed by atoms with van der Waals surface area (Å²) in [7, 11) is 0. The number of hydrogen-bond acceptors (Lipinski definition) is 1. The smallest absolute Gasteiger partial charge is 0.0541 e. The highest BCUT2D eigenvalue weighted by atomic mass is 15.1. The molecule has 10 aromatic carbocycles. The van der Waals surface area contributed by atoms with Gasteiger partial charge in [0.1, 0.15) is 0 Å². The summed E-state index contributed by atoms with van der Waals surface area (Å²) in [5.41, 5.74) is 16.4. The van der Waals surface area contributed by atoms with Crippen molar-refractivity contribution in [2.24, 2.45) is 0 Å². The Kier molecular flexibility index (Phi) is 8.87. The summed E-state index contributed by atoms with van der Waals surface area (Å²) in [5.74, 6) is 0. The number of para-hydroxylation sites is 3. The lowest BCUT2D eigenvalue weighted by atomic mass is 9.93. The minimum absolute atomic E-state index is 1.09. The highest BCUT2D eigenvalue weighted by molar-refractivity contribution is 6.10. The van der Waals surface area contributed by atoms with Crippen molar-refractivity contribution < 1.29 is 0 Å². The number of aromatic nitrogens is 1. The highest BCUT2D eigenvalue weighted by Gasteiger charge is 2.18. The predicted molar refractivity (Wildman–Crippen MR) is 255 cm³/mol. The average molecular weight is 765 g/mol. The van der Waals surface area contributed by atoms with Crippen molar-refractivity contribution in [3.63, 3.8) is 0 Å². The molecule has 0 N–H and O–H groups in total. The van der Waals surface area contributed by atoms with E-state index in [1.807, 2.05) is 0 Å². The van der Waals surface area contributed by atoms with Crippen molar-refractivity contribution in [1.82, 2.24) is 4.57 Å². The van der Waals surface area contributed by atoms with Gasteiger partial charge in [0.25, 0.3) is 0 Å². The summed E-state index contributed by atoms with van der Waals surface area (Å²) in [6.45, 7) is 0. The van der Waals surface area contributed by atoms with Crippen LogP contribution in [-0.2, 0) is 0 Å². The first-order valence-corrected chi connectivity index (χ1v) is 20.6. The molecule has 0 bridgehead atoms. The zero-order valence-electron chi connectivity index (χ0n) is 33.0. The third kappa shape index (κ3) is 6.23. The molecule has 0 unspecified atom stereocenters. The van der Waals surface area contributed by atoms with Crippen molar-refractivity contribution in [2.75, 3.05) is 4.90 Å². The van der Waals surface area contributed by atoms with Crippen molar-refractivity contribution >= 4 is 49.6 Å². The molecule has 11 aromatic rings. The molecule has 11 rings (SSSR count). The molecule has 0 saturated carbocycles. The molecular weight excluding hydrogens is 725 g/mol. The lowest BCUT2D eigenvalue weighted by Gasteiger charge is -2.26. The molecule has 1 aromatic heterocycles. The second kappa shape index (κ2) is 15.1. The number of nitrogens with zero attached hydrogens (tertiary/aromatic N) is 2. The van der Waals surface area contributed by atoms with E-state index in [-0.39, 0.29) is 0 Å². The fraction of sp³-hybridized carbons (Fsp3) is 0. The molecule has 2 nitrogen and oxygen atoms in total. The quantitative estimate of drug-likeness (QED) is 0.150. The van der Waals surface area contributed by atoms with Gasteiger partial charge < -0.3 is 9.47 Å². The zero-order chi connectivity index (χ0) is 39.8. The molecule has 282 valence electrons. The van der Waals surface area contributed by atoms with Gasteiger partial charge in [-0.25, -0.2) is 0 Å². The topological polar surface area (TPSA) is 8.17 Å². The lowest BCUT2D eigenvalue weighted by molar-refractivity contribution is 1.18. The molecule has 2 heteroatoms. The summed E-state index contributed by atoms with van der Waals surface area (Å²) < 4.78 is 2.42. The molecule has 0 aliphatic rings. The minimum atomic E-state index is 1.09. The summed E-state index contributed by atoms with van der Waals surface area (Å²) in [5, 5.41) is 5.02. The number of anilines is 3. The van der Waals surface area contributed by atoms with Crippen LogP contribution in [0.15, 0.2) is 243 Å². The SMILES string of the molecule is c1ccc(-c2ccc(N(c3ccc(-c4ccccc4-c4ccccc4-n4c5ccccc5c5ccccc54)cc3)c3ccc(-c4cccc5ccccc45)cc3)cc2)cc1. The van der Waals surface area contributed by atoms with Gasteiger partial charge in [0.05, 0.1) is 16.7 Å². The van der Waals surface area contributed by atoms with E-state index in [1.165, 1.54) is 71.5 Å². The van der Waals surface area contributed by atoms with Gasteiger partial charge in [0.15, 0.2) is 0 Å². The van der Waals surface area contributed by atoms with E-state index in [2.05, 4.69) is 252 Å². The van der Waals surface area contributed by atoms with Crippen LogP contribution in [0.1, 0.15) is 0 Å². The van der Waals surface area contributed by atoms with E-state index in [4.69, 9.17) is 0 Å². The van der Waals surface area contributed by atoms with Crippen LogP contribution in [0.4, 0.5) is 17.1 Å². The van der Waals surface area contributed by atoms with Crippen molar-refractivity contribution in [3.8, 4) is 50.2 Å². The Morgan fingerprint density at radius 1 is 0.250 bits per heavy atom. The van der Waals surface area contributed by atoms with Crippen LogP contribution in [-0.4, -0.2) is 4.57 Å². The van der Waals surface area contributed by atoms with Gasteiger partial charge >= 0.3 is 0 Å². The molecular formula is C58H40N2. The van der Waals surface area contributed by atoms with Crippen LogP contribution >= 0.6 is 0 Å². The summed E-state index contributed by atoms with van der Waals surface area (Å²) in [6.07, 6.45) is 0. The van der Waals surface area contributed by atoms with E-state index in [0.29, 0.717) is 0 Å². The molecule has 60 heavy (non-hydrogen) atoms.